The SMILES string of the molecule is CC1(C)C(C=C(Cl)Cl)C1C(=O)O.[Na]. The van der Waals surface area contributed by atoms with Crippen LogP contribution < -0.4 is 0 Å². The standard InChI is InChI=1S/C8H10Cl2O2.Na/c1-8(2)4(3-5(9)10)6(8)7(11)12;/h3-4,6H,1-2H3,(H,11,12);. The summed E-state index contributed by atoms with van der Waals surface area (Å²) in [5, 5.41) is 8.76. The van der Waals surface area contributed by atoms with Gasteiger partial charge in [-0.25, -0.2) is 0 Å². The van der Waals surface area contributed by atoms with E-state index in [9.17, 15) is 4.79 Å². The van der Waals surface area contributed by atoms with Crippen LogP contribution in [0.25, 0.3) is 0 Å². The maximum absolute atomic E-state index is 10.7. The molecule has 0 saturated heterocycles. The number of halogens is 2. The Morgan fingerprint density at radius 1 is 1.46 bits per heavy atom. The van der Waals surface area contributed by atoms with Gasteiger partial charge in [0.25, 0.3) is 0 Å². The largest absolute Gasteiger partial charge is 0.481 e. The van der Waals surface area contributed by atoms with Crippen molar-refractivity contribution in [1.29, 1.82) is 0 Å². The van der Waals surface area contributed by atoms with Crippen LogP contribution in [0.2, 0.25) is 0 Å². The number of aliphatic carboxylic acids is 1. The third-order valence-electron chi connectivity index (χ3n) is 2.48. The van der Waals surface area contributed by atoms with Gasteiger partial charge in [0.2, 0.25) is 0 Å². The summed E-state index contributed by atoms with van der Waals surface area (Å²) in [6.45, 7) is 3.79. The molecule has 0 amide bonds. The molecule has 1 fully saturated rings. The van der Waals surface area contributed by atoms with Crippen LogP contribution in [0.5, 0.6) is 0 Å². The molecule has 1 radical (unpaired) electrons. The Labute approximate surface area is 110 Å². The zero-order valence-electron chi connectivity index (χ0n) is 7.84. The van der Waals surface area contributed by atoms with E-state index in [0.717, 1.165) is 0 Å². The average molecular weight is 232 g/mol. The Hall–Kier alpha value is 0.790. The molecule has 2 atom stereocenters. The first-order valence-electron chi connectivity index (χ1n) is 3.63. The Morgan fingerprint density at radius 3 is 2.15 bits per heavy atom. The Balaban J connectivity index is 0.00000144. The molecule has 5 heteroatoms. The van der Waals surface area contributed by atoms with Gasteiger partial charge in [-0.05, 0) is 17.4 Å². The number of allylic oxidation sites excluding steroid dienone is 1. The first-order chi connectivity index (χ1) is 5.37. The molecule has 0 aromatic heterocycles. The molecule has 1 aliphatic carbocycles. The molecule has 13 heavy (non-hydrogen) atoms. The average Bonchev–Trinajstić information content (AvgIpc) is 2.32. The third-order valence-corrected chi connectivity index (χ3v) is 2.73. The second kappa shape index (κ2) is 4.54. The second-order valence-corrected chi connectivity index (χ2v) is 4.63. The van der Waals surface area contributed by atoms with Crippen LogP contribution >= 0.6 is 23.2 Å². The molecule has 2 nitrogen and oxygen atoms in total. The Bertz CT molecular complexity index is 247. The summed E-state index contributed by atoms with van der Waals surface area (Å²) in [6.07, 6.45) is 1.60. The first-order valence-corrected chi connectivity index (χ1v) is 4.38. The summed E-state index contributed by atoms with van der Waals surface area (Å²) in [4.78, 5) is 10.7. The van der Waals surface area contributed by atoms with Crippen molar-refractivity contribution in [3.05, 3.63) is 10.6 Å². The maximum Gasteiger partial charge on any atom is 0.307 e. The summed E-state index contributed by atoms with van der Waals surface area (Å²) in [5.41, 5.74) is -0.207. The number of carboxylic acid groups (broad SMARTS) is 1. The van der Waals surface area contributed by atoms with Crippen molar-refractivity contribution in [1.82, 2.24) is 0 Å². The van der Waals surface area contributed by atoms with Crippen LogP contribution in [-0.2, 0) is 4.79 Å². The van der Waals surface area contributed by atoms with Crippen molar-refractivity contribution in [2.75, 3.05) is 0 Å². The van der Waals surface area contributed by atoms with Gasteiger partial charge < -0.3 is 5.11 Å². The van der Waals surface area contributed by atoms with Crippen LogP contribution in [0, 0.1) is 17.3 Å². The van der Waals surface area contributed by atoms with E-state index in [2.05, 4.69) is 0 Å². The van der Waals surface area contributed by atoms with Gasteiger partial charge in [-0.1, -0.05) is 37.0 Å². The van der Waals surface area contributed by atoms with Gasteiger partial charge >= 0.3 is 5.97 Å². The zero-order valence-corrected chi connectivity index (χ0v) is 11.4. The minimum Gasteiger partial charge on any atom is -0.481 e. The molecule has 0 aliphatic heterocycles. The zero-order chi connectivity index (χ0) is 9.52. The molecule has 2 unspecified atom stereocenters. The van der Waals surface area contributed by atoms with Gasteiger partial charge in [0, 0.05) is 29.6 Å². The number of carboxylic acids is 1. The fraction of sp³-hybridized carbons (Fsp3) is 0.625. The molecule has 1 rings (SSSR count). The van der Waals surface area contributed by atoms with Crippen molar-refractivity contribution >= 4 is 58.7 Å². The fourth-order valence-corrected chi connectivity index (χ4v) is 1.87. The molecule has 0 heterocycles. The normalized spacial score (nSPS) is 28.6. The van der Waals surface area contributed by atoms with Gasteiger partial charge in [0.1, 0.15) is 4.49 Å². The number of hydrogen-bond acceptors (Lipinski definition) is 1. The second-order valence-electron chi connectivity index (χ2n) is 3.62. The molecule has 69 valence electrons. The molecular formula is C8H10Cl2NaO2. The molecule has 0 aromatic carbocycles. The number of carbonyl (C=O) groups is 1. The van der Waals surface area contributed by atoms with Gasteiger partial charge in [0.05, 0.1) is 5.92 Å². The molecule has 1 N–H and O–H groups in total. The maximum atomic E-state index is 10.7. The quantitative estimate of drug-likeness (QED) is 0.741. The first kappa shape index (κ1) is 13.8. The van der Waals surface area contributed by atoms with Crippen molar-refractivity contribution in [2.45, 2.75) is 13.8 Å². The molecule has 1 saturated carbocycles. The van der Waals surface area contributed by atoms with E-state index < -0.39 is 5.97 Å². The van der Waals surface area contributed by atoms with E-state index in [1.807, 2.05) is 13.8 Å². The summed E-state index contributed by atoms with van der Waals surface area (Å²) in [7, 11) is 0. The molecule has 0 bridgehead atoms. The van der Waals surface area contributed by atoms with Crippen LogP contribution in [0.4, 0.5) is 0 Å². The van der Waals surface area contributed by atoms with Crippen molar-refractivity contribution < 1.29 is 9.90 Å². The van der Waals surface area contributed by atoms with Crippen LogP contribution in [-0.4, -0.2) is 40.6 Å². The van der Waals surface area contributed by atoms with Crippen molar-refractivity contribution in [2.24, 2.45) is 17.3 Å². The van der Waals surface area contributed by atoms with E-state index in [-0.39, 0.29) is 51.3 Å². The van der Waals surface area contributed by atoms with E-state index in [0.29, 0.717) is 0 Å². The number of hydrogen-bond donors (Lipinski definition) is 1. The molecule has 1 aliphatic rings. The topological polar surface area (TPSA) is 37.3 Å². The summed E-state index contributed by atoms with van der Waals surface area (Å²) in [6, 6.07) is 0. The predicted octanol–water partition coefficient (Wildman–Crippen LogP) is 2.28. The monoisotopic (exact) mass is 231 g/mol. The smallest absolute Gasteiger partial charge is 0.307 e. The molecular weight excluding hydrogens is 222 g/mol. The predicted molar refractivity (Wildman–Crippen MR) is 53.9 cm³/mol. The van der Waals surface area contributed by atoms with Crippen LogP contribution in [0.15, 0.2) is 10.6 Å². The van der Waals surface area contributed by atoms with E-state index in [1.165, 1.54) is 0 Å². The van der Waals surface area contributed by atoms with Gasteiger partial charge in [-0.2, -0.15) is 0 Å². The minimum atomic E-state index is -0.782. The minimum absolute atomic E-state index is 0. The van der Waals surface area contributed by atoms with E-state index in [4.69, 9.17) is 28.3 Å². The van der Waals surface area contributed by atoms with Crippen LogP contribution in [0.3, 0.4) is 0 Å². The fourth-order valence-electron chi connectivity index (χ4n) is 1.60. The van der Waals surface area contributed by atoms with Gasteiger partial charge in [-0.3, -0.25) is 4.79 Å². The molecule has 0 spiro atoms. The summed E-state index contributed by atoms with van der Waals surface area (Å²) < 4.78 is 0.150. The van der Waals surface area contributed by atoms with E-state index >= 15 is 0 Å². The third kappa shape index (κ3) is 2.87. The van der Waals surface area contributed by atoms with Gasteiger partial charge in [-0.15, -0.1) is 0 Å². The van der Waals surface area contributed by atoms with Crippen LogP contribution in [0.1, 0.15) is 13.8 Å². The van der Waals surface area contributed by atoms with Crippen molar-refractivity contribution in [3.8, 4) is 0 Å². The van der Waals surface area contributed by atoms with E-state index in [1.54, 1.807) is 6.08 Å². The number of rotatable bonds is 2. The molecule has 0 aromatic rings. The Morgan fingerprint density at radius 2 is 1.92 bits per heavy atom. The summed E-state index contributed by atoms with van der Waals surface area (Å²) in [5.74, 6) is -1.15. The Kier molecular flexibility index (Phi) is 4.82. The van der Waals surface area contributed by atoms with Gasteiger partial charge in [0.15, 0.2) is 0 Å². The van der Waals surface area contributed by atoms with Crippen molar-refractivity contribution in [3.63, 3.8) is 0 Å². The summed E-state index contributed by atoms with van der Waals surface area (Å²) >= 11 is 10.9.